The second-order valence-electron chi connectivity index (χ2n) is 8.52. The van der Waals surface area contributed by atoms with Crippen LogP contribution < -0.4 is 15.5 Å². The van der Waals surface area contributed by atoms with Crippen LogP contribution in [0.1, 0.15) is 58.9 Å². The number of guanidine groups is 1. The molecule has 1 aliphatic rings. The van der Waals surface area contributed by atoms with E-state index in [-0.39, 0.29) is 0 Å². The normalized spacial score (nSPS) is 16.7. The number of nitrogens with one attached hydrogen (secondary N) is 2. The van der Waals surface area contributed by atoms with Gasteiger partial charge in [-0.05, 0) is 56.6 Å². The number of aryl methyl sites for hydroxylation is 1. The van der Waals surface area contributed by atoms with Crippen molar-refractivity contribution in [2.24, 2.45) is 10.4 Å². The molecule has 1 aromatic heterocycles. The summed E-state index contributed by atoms with van der Waals surface area (Å²) in [6.45, 7) is 14.9. The molecule has 5 heteroatoms. The van der Waals surface area contributed by atoms with Crippen LogP contribution in [0.3, 0.4) is 0 Å². The third kappa shape index (κ3) is 7.22. The van der Waals surface area contributed by atoms with Crippen LogP contribution in [0.5, 0.6) is 0 Å². The molecule has 2 N–H and O–H groups in total. The highest BCUT2D eigenvalue weighted by atomic mass is 15.2. The van der Waals surface area contributed by atoms with E-state index in [4.69, 9.17) is 4.99 Å². The average molecular weight is 360 g/mol. The highest BCUT2D eigenvalue weighted by Gasteiger charge is 2.20. The Labute approximate surface area is 159 Å². The van der Waals surface area contributed by atoms with Gasteiger partial charge in [0.1, 0.15) is 5.82 Å². The van der Waals surface area contributed by atoms with E-state index in [1.54, 1.807) is 0 Å². The minimum Gasteiger partial charge on any atom is -0.357 e. The minimum atomic E-state index is 0.387. The number of anilines is 1. The lowest BCUT2D eigenvalue weighted by Gasteiger charge is -2.33. The number of aromatic nitrogens is 1. The first kappa shape index (κ1) is 20.5. The van der Waals surface area contributed by atoms with Gasteiger partial charge in [-0.25, -0.2) is 4.98 Å². The Hall–Kier alpha value is -1.78. The summed E-state index contributed by atoms with van der Waals surface area (Å²) in [5.74, 6) is 2.06. The SMILES string of the molecule is CCNC(=NCCCC(C)(C)C)NC1CCN(c2ccc(C)cn2)CC1. The zero-order valence-electron chi connectivity index (χ0n) is 17.3. The average Bonchev–Trinajstić information content (AvgIpc) is 2.59. The van der Waals surface area contributed by atoms with Crippen molar-refractivity contribution >= 4 is 11.8 Å². The van der Waals surface area contributed by atoms with Crippen molar-refractivity contribution in [3.05, 3.63) is 23.9 Å². The van der Waals surface area contributed by atoms with Gasteiger partial charge >= 0.3 is 0 Å². The predicted octanol–water partition coefficient (Wildman–Crippen LogP) is 3.74. The number of aliphatic imine (C=N–C) groups is 1. The van der Waals surface area contributed by atoms with Gasteiger partial charge in [-0.1, -0.05) is 26.8 Å². The molecule has 0 bridgehead atoms. The van der Waals surface area contributed by atoms with E-state index < -0.39 is 0 Å². The van der Waals surface area contributed by atoms with Crippen molar-refractivity contribution < 1.29 is 0 Å². The summed E-state index contributed by atoms with van der Waals surface area (Å²) in [4.78, 5) is 11.7. The third-order valence-electron chi connectivity index (χ3n) is 4.75. The summed E-state index contributed by atoms with van der Waals surface area (Å²) in [6, 6.07) is 4.75. The van der Waals surface area contributed by atoms with E-state index in [1.807, 2.05) is 6.20 Å². The van der Waals surface area contributed by atoms with Gasteiger partial charge in [-0.2, -0.15) is 0 Å². The molecule has 0 aliphatic carbocycles. The molecule has 0 spiro atoms. The molecule has 5 nitrogen and oxygen atoms in total. The number of hydrogen-bond acceptors (Lipinski definition) is 3. The Kier molecular flexibility index (Phi) is 7.73. The summed E-state index contributed by atoms with van der Waals surface area (Å²) in [6.07, 6.45) is 6.52. The number of nitrogens with zero attached hydrogens (tertiary/aromatic N) is 3. The lowest BCUT2D eigenvalue weighted by Crippen LogP contribution is -2.49. The largest absolute Gasteiger partial charge is 0.357 e. The Morgan fingerprint density at radius 2 is 2.00 bits per heavy atom. The monoisotopic (exact) mass is 359 g/mol. The van der Waals surface area contributed by atoms with Gasteiger partial charge in [0.25, 0.3) is 0 Å². The smallest absolute Gasteiger partial charge is 0.191 e. The molecule has 0 radical (unpaired) electrons. The second kappa shape index (κ2) is 9.79. The highest BCUT2D eigenvalue weighted by molar-refractivity contribution is 5.80. The summed E-state index contributed by atoms with van der Waals surface area (Å²) in [5.41, 5.74) is 1.60. The molecule has 1 saturated heterocycles. The van der Waals surface area contributed by atoms with Crippen LogP contribution in [-0.2, 0) is 0 Å². The van der Waals surface area contributed by atoms with Crippen LogP contribution >= 0.6 is 0 Å². The molecular formula is C21H37N5. The Morgan fingerprint density at radius 3 is 2.58 bits per heavy atom. The van der Waals surface area contributed by atoms with E-state index in [0.717, 1.165) is 57.2 Å². The first-order chi connectivity index (χ1) is 12.4. The predicted molar refractivity (Wildman–Crippen MR) is 112 cm³/mol. The molecule has 0 aromatic carbocycles. The van der Waals surface area contributed by atoms with Gasteiger partial charge in [0.15, 0.2) is 5.96 Å². The summed E-state index contributed by atoms with van der Waals surface area (Å²) in [7, 11) is 0. The van der Waals surface area contributed by atoms with Gasteiger partial charge in [0, 0.05) is 38.4 Å². The lowest BCUT2D eigenvalue weighted by molar-refractivity contribution is 0.368. The number of piperidine rings is 1. The van der Waals surface area contributed by atoms with Crippen molar-refractivity contribution in [3.8, 4) is 0 Å². The molecule has 0 amide bonds. The molecule has 0 saturated carbocycles. The minimum absolute atomic E-state index is 0.387. The van der Waals surface area contributed by atoms with E-state index in [2.05, 4.69) is 67.3 Å². The van der Waals surface area contributed by atoms with Crippen molar-refractivity contribution in [2.45, 2.75) is 66.3 Å². The Bertz CT molecular complexity index is 551. The van der Waals surface area contributed by atoms with Crippen LogP contribution in [0.15, 0.2) is 23.3 Å². The van der Waals surface area contributed by atoms with E-state index in [1.165, 1.54) is 12.0 Å². The van der Waals surface area contributed by atoms with Gasteiger partial charge in [0.05, 0.1) is 0 Å². The fourth-order valence-electron chi connectivity index (χ4n) is 3.21. The molecule has 26 heavy (non-hydrogen) atoms. The summed E-state index contributed by atoms with van der Waals surface area (Å²) in [5, 5.41) is 7.02. The van der Waals surface area contributed by atoms with Crippen LogP contribution in [0, 0.1) is 12.3 Å². The molecule has 1 aromatic rings. The Morgan fingerprint density at radius 1 is 1.27 bits per heavy atom. The van der Waals surface area contributed by atoms with Crippen molar-refractivity contribution in [1.82, 2.24) is 15.6 Å². The molecular weight excluding hydrogens is 322 g/mol. The fraction of sp³-hybridized carbons (Fsp3) is 0.714. The number of rotatable bonds is 6. The van der Waals surface area contributed by atoms with Crippen molar-refractivity contribution in [2.75, 3.05) is 31.1 Å². The van der Waals surface area contributed by atoms with Crippen molar-refractivity contribution in [1.29, 1.82) is 0 Å². The summed E-state index contributed by atoms with van der Waals surface area (Å²) < 4.78 is 0. The van der Waals surface area contributed by atoms with E-state index >= 15 is 0 Å². The van der Waals surface area contributed by atoms with Crippen LogP contribution in [0.4, 0.5) is 5.82 Å². The maximum absolute atomic E-state index is 4.77. The first-order valence-electron chi connectivity index (χ1n) is 10.1. The van der Waals surface area contributed by atoms with E-state index in [9.17, 15) is 0 Å². The first-order valence-corrected chi connectivity index (χ1v) is 10.1. The van der Waals surface area contributed by atoms with Crippen LogP contribution in [-0.4, -0.2) is 43.2 Å². The molecule has 146 valence electrons. The maximum atomic E-state index is 4.77. The van der Waals surface area contributed by atoms with Gasteiger partial charge in [0.2, 0.25) is 0 Å². The lowest BCUT2D eigenvalue weighted by atomic mass is 9.91. The standard InChI is InChI=1S/C21H37N5/c1-6-22-20(23-13-7-12-21(3,4)5)25-18-10-14-26(15-11-18)19-9-8-17(2)16-24-19/h8-9,16,18H,6-7,10-15H2,1-5H3,(H2,22,23,25). The summed E-state index contributed by atoms with van der Waals surface area (Å²) >= 11 is 0. The highest BCUT2D eigenvalue weighted by Crippen LogP contribution is 2.20. The van der Waals surface area contributed by atoms with Crippen LogP contribution in [0.25, 0.3) is 0 Å². The van der Waals surface area contributed by atoms with Gasteiger partial charge in [-0.3, -0.25) is 4.99 Å². The second-order valence-corrected chi connectivity index (χ2v) is 8.52. The number of pyridine rings is 1. The molecule has 1 aliphatic heterocycles. The van der Waals surface area contributed by atoms with Gasteiger partial charge in [-0.15, -0.1) is 0 Å². The quantitative estimate of drug-likeness (QED) is 0.461. The topological polar surface area (TPSA) is 52.6 Å². The zero-order chi connectivity index (χ0) is 19.0. The Balaban J connectivity index is 1.80. The number of hydrogen-bond donors (Lipinski definition) is 2. The van der Waals surface area contributed by atoms with Gasteiger partial charge < -0.3 is 15.5 Å². The fourth-order valence-corrected chi connectivity index (χ4v) is 3.21. The third-order valence-corrected chi connectivity index (χ3v) is 4.75. The van der Waals surface area contributed by atoms with Crippen LogP contribution in [0.2, 0.25) is 0 Å². The molecule has 0 unspecified atom stereocenters. The zero-order valence-corrected chi connectivity index (χ0v) is 17.3. The molecule has 2 rings (SSSR count). The van der Waals surface area contributed by atoms with Crippen molar-refractivity contribution in [3.63, 3.8) is 0 Å². The molecule has 2 heterocycles. The molecule has 0 atom stereocenters. The molecule has 1 fully saturated rings. The maximum Gasteiger partial charge on any atom is 0.191 e. The van der Waals surface area contributed by atoms with E-state index in [0.29, 0.717) is 11.5 Å².